The van der Waals surface area contributed by atoms with Crippen LogP contribution >= 0.6 is 0 Å². The number of nitrogens with two attached hydrogens (primary N) is 1. The molecule has 1 saturated carbocycles. The summed E-state index contributed by atoms with van der Waals surface area (Å²) in [5, 5.41) is 9.85. The molecule has 2 rings (SSSR count). The van der Waals surface area contributed by atoms with Crippen molar-refractivity contribution in [3.8, 4) is 0 Å². The van der Waals surface area contributed by atoms with Crippen molar-refractivity contribution < 1.29 is 5.11 Å². The number of likely N-dealkylation sites (tertiary alicyclic amines) is 1. The van der Waals surface area contributed by atoms with Crippen LogP contribution in [-0.4, -0.2) is 41.8 Å². The number of rotatable bonds is 4. The third-order valence-electron chi connectivity index (χ3n) is 3.53. The summed E-state index contributed by atoms with van der Waals surface area (Å²) in [6.45, 7) is 2.79. The zero-order chi connectivity index (χ0) is 9.97. The van der Waals surface area contributed by atoms with Crippen LogP contribution in [-0.2, 0) is 0 Å². The molecule has 1 unspecified atom stereocenters. The van der Waals surface area contributed by atoms with Crippen molar-refractivity contribution in [2.45, 2.75) is 44.2 Å². The highest BCUT2D eigenvalue weighted by Crippen LogP contribution is 2.28. The Morgan fingerprint density at radius 1 is 1.29 bits per heavy atom. The SMILES string of the molecule is NC1CN(CC(O)CC2CCCC2)C1. The Balaban J connectivity index is 1.60. The van der Waals surface area contributed by atoms with Crippen molar-refractivity contribution in [3.05, 3.63) is 0 Å². The van der Waals surface area contributed by atoms with Crippen LogP contribution in [0.4, 0.5) is 0 Å². The minimum atomic E-state index is -0.120. The fraction of sp³-hybridized carbons (Fsp3) is 1.00. The molecule has 3 heteroatoms. The van der Waals surface area contributed by atoms with E-state index in [1.165, 1.54) is 25.7 Å². The van der Waals surface area contributed by atoms with E-state index in [9.17, 15) is 5.11 Å². The lowest BCUT2D eigenvalue weighted by Gasteiger charge is -2.38. The van der Waals surface area contributed by atoms with Gasteiger partial charge in [-0.3, -0.25) is 4.90 Å². The molecule has 14 heavy (non-hydrogen) atoms. The topological polar surface area (TPSA) is 49.5 Å². The lowest BCUT2D eigenvalue weighted by Crippen LogP contribution is -2.57. The largest absolute Gasteiger partial charge is 0.392 e. The van der Waals surface area contributed by atoms with Crippen LogP contribution in [0.5, 0.6) is 0 Å². The molecule has 0 amide bonds. The van der Waals surface area contributed by atoms with Gasteiger partial charge >= 0.3 is 0 Å². The van der Waals surface area contributed by atoms with Gasteiger partial charge in [-0.1, -0.05) is 25.7 Å². The van der Waals surface area contributed by atoms with Crippen LogP contribution in [0.3, 0.4) is 0 Å². The minimum Gasteiger partial charge on any atom is -0.392 e. The first-order valence-electron chi connectivity index (χ1n) is 5.90. The molecule has 1 atom stereocenters. The first-order chi connectivity index (χ1) is 6.74. The zero-order valence-electron chi connectivity index (χ0n) is 8.86. The number of nitrogens with zero attached hydrogens (tertiary/aromatic N) is 1. The molecule has 0 aromatic rings. The number of hydrogen-bond donors (Lipinski definition) is 2. The van der Waals surface area contributed by atoms with Gasteiger partial charge in [0.2, 0.25) is 0 Å². The Morgan fingerprint density at radius 3 is 2.50 bits per heavy atom. The van der Waals surface area contributed by atoms with Gasteiger partial charge in [-0.15, -0.1) is 0 Å². The molecule has 1 heterocycles. The highest BCUT2D eigenvalue weighted by molar-refractivity contribution is 4.84. The van der Waals surface area contributed by atoms with Crippen molar-refractivity contribution in [2.24, 2.45) is 11.7 Å². The normalized spacial score (nSPS) is 27.9. The van der Waals surface area contributed by atoms with Crippen LogP contribution in [0.15, 0.2) is 0 Å². The van der Waals surface area contributed by atoms with E-state index in [-0.39, 0.29) is 6.10 Å². The maximum Gasteiger partial charge on any atom is 0.0669 e. The van der Waals surface area contributed by atoms with Crippen molar-refractivity contribution in [2.75, 3.05) is 19.6 Å². The third kappa shape index (κ3) is 2.69. The number of aliphatic hydroxyl groups is 1. The second kappa shape index (κ2) is 4.60. The summed E-state index contributed by atoms with van der Waals surface area (Å²) in [6.07, 6.45) is 6.28. The Labute approximate surface area is 86.3 Å². The van der Waals surface area contributed by atoms with Crippen LogP contribution in [0.25, 0.3) is 0 Å². The molecule has 0 spiro atoms. The predicted molar refractivity (Wildman–Crippen MR) is 57.0 cm³/mol. The van der Waals surface area contributed by atoms with E-state index >= 15 is 0 Å². The molecule has 3 nitrogen and oxygen atoms in total. The molecule has 1 saturated heterocycles. The van der Waals surface area contributed by atoms with Gasteiger partial charge < -0.3 is 10.8 Å². The highest BCUT2D eigenvalue weighted by Gasteiger charge is 2.26. The predicted octanol–water partition coefficient (Wildman–Crippen LogP) is 0.570. The fourth-order valence-electron chi connectivity index (χ4n) is 2.76. The van der Waals surface area contributed by atoms with Gasteiger partial charge in [-0.05, 0) is 12.3 Å². The molecule has 3 N–H and O–H groups in total. The van der Waals surface area contributed by atoms with E-state index in [0.29, 0.717) is 6.04 Å². The molecule has 2 aliphatic rings. The summed E-state index contributed by atoms with van der Waals surface area (Å²) in [5.74, 6) is 0.792. The molecule has 0 radical (unpaired) electrons. The lowest BCUT2D eigenvalue weighted by atomic mass is 9.99. The van der Waals surface area contributed by atoms with E-state index in [1.54, 1.807) is 0 Å². The quantitative estimate of drug-likeness (QED) is 0.694. The van der Waals surface area contributed by atoms with E-state index in [4.69, 9.17) is 5.73 Å². The summed E-state index contributed by atoms with van der Waals surface area (Å²) >= 11 is 0. The maximum absolute atomic E-state index is 9.85. The van der Waals surface area contributed by atoms with Crippen molar-refractivity contribution in [3.63, 3.8) is 0 Å². The summed E-state index contributed by atoms with van der Waals surface area (Å²) in [5.41, 5.74) is 5.68. The van der Waals surface area contributed by atoms with Crippen LogP contribution < -0.4 is 5.73 Å². The average molecular weight is 198 g/mol. The smallest absolute Gasteiger partial charge is 0.0669 e. The van der Waals surface area contributed by atoms with Crippen molar-refractivity contribution in [1.29, 1.82) is 0 Å². The fourth-order valence-corrected chi connectivity index (χ4v) is 2.76. The van der Waals surface area contributed by atoms with E-state index in [1.807, 2.05) is 0 Å². The summed E-state index contributed by atoms with van der Waals surface area (Å²) in [7, 11) is 0. The van der Waals surface area contributed by atoms with E-state index in [0.717, 1.165) is 32.0 Å². The van der Waals surface area contributed by atoms with Crippen molar-refractivity contribution >= 4 is 0 Å². The number of aliphatic hydroxyl groups excluding tert-OH is 1. The Morgan fingerprint density at radius 2 is 1.93 bits per heavy atom. The number of hydrogen-bond acceptors (Lipinski definition) is 3. The van der Waals surface area contributed by atoms with Gasteiger partial charge in [0.15, 0.2) is 0 Å². The molecule has 1 aliphatic carbocycles. The van der Waals surface area contributed by atoms with Gasteiger partial charge in [0.25, 0.3) is 0 Å². The van der Waals surface area contributed by atoms with Gasteiger partial charge in [0.1, 0.15) is 0 Å². The molecule has 2 fully saturated rings. The van der Waals surface area contributed by atoms with E-state index < -0.39 is 0 Å². The van der Waals surface area contributed by atoms with Crippen LogP contribution in [0.1, 0.15) is 32.1 Å². The molecular weight excluding hydrogens is 176 g/mol. The van der Waals surface area contributed by atoms with Crippen LogP contribution in [0, 0.1) is 5.92 Å². The standard InChI is InChI=1S/C11H22N2O/c12-10-6-13(7-10)8-11(14)5-9-3-1-2-4-9/h9-11,14H,1-8,12H2. The zero-order valence-corrected chi connectivity index (χ0v) is 8.86. The molecule has 1 aliphatic heterocycles. The highest BCUT2D eigenvalue weighted by atomic mass is 16.3. The molecule has 0 aromatic heterocycles. The lowest BCUT2D eigenvalue weighted by molar-refractivity contribution is 0.0533. The van der Waals surface area contributed by atoms with Gasteiger partial charge in [0, 0.05) is 25.7 Å². The maximum atomic E-state index is 9.85. The van der Waals surface area contributed by atoms with E-state index in [2.05, 4.69) is 4.90 Å². The molecular formula is C11H22N2O. The summed E-state index contributed by atoms with van der Waals surface area (Å²) in [4.78, 5) is 2.25. The molecule has 0 aromatic carbocycles. The van der Waals surface area contributed by atoms with Gasteiger partial charge in [-0.2, -0.15) is 0 Å². The third-order valence-corrected chi connectivity index (χ3v) is 3.53. The van der Waals surface area contributed by atoms with Crippen molar-refractivity contribution in [1.82, 2.24) is 4.90 Å². The number of β-amino-alcohol motifs (C(OH)–C–C–N with tert-alkyl or cyclic N) is 1. The summed E-state index contributed by atoms with van der Waals surface area (Å²) in [6, 6.07) is 0.355. The first-order valence-corrected chi connectivity index (χ1v) is 5.90. The second-order valence-corrected chi connectivity index (χ2v) is 5.02. The molecule has 0 bridgehead atoms. The Hall–Kier alpha value is -0.120. The first kappa shape index (κ1) is 10.4. The monoisotopic (exact) mass is 198 g/mol. The molecule has 82 valence electrons. The summed E-state index contributed by atoms with van der Waals surface area (Å²) < 4.78 is 0. The Kier molecular flexibility index (Phi) is 3.42. The van der Waals surface area contributed by atoms with Gasteiger partial charge in [0.05, 0.1) is 6.10 Å². The average Bonchev–Trinajstić information content (AvgIpc) is 2.54. The van der Waals surface area contributed by atoms with Gasteiger partial charge in [-0.25, -0.2) is 0 Å². The minimum absolute atomic E-state index is 0.120. The second-order valence-electron chi connectivity index (χ2n) is 5.02. The Bertz CT molecular complexity index is 174. The van der Waals surface area contributed by atoms with Crippen LogP contribution in [0.2, 0.25) is 0 Å².